The summed E-state index contributed by atoms with van der Waals surface area (Å²) < 4.78 is 23.2. The molecule has 0 spiro atoms. The highest BCUT2D eigenvalue weighted by atomic mass is 32.2. The van der Waals surface area contributed by atoms with Crippen LogP contribution in [0.5, 0.6) is 0 Å². The lowest BCUT2D eigenvalue weighted by Gasteiger charge is -2.26. The first-order valence-electron chi connectivity index (χ1n) is 7.71. The first-order chi connectivity index (χ1) is 9.94. The van der Waals surface area contributed by atoms with Gasteiger partial charge >= 0.3 is 0 Å². The van der Waals surface area contributed by atoms with Crippen LogP contribution in [0.1, 0.15) is 30.4 Å². The van der Waals surface area contributed by atoms with Gasteiger partial charge in [-0.2, -0.15) is 0 Å². The number of aryl methyl sites for hydroxylation is 1. The van der Waals surface area contributed by atoms with Crippen molar-refractivity contribution in [3.8, 4) is 0 Å². The highest BCUT2D eigenvalue weighted by Crippen LogP contribution is 2.25. The molecule has 1 aromatic carbocycles. The van der Waals surface area contributed by atoms with Crippen molar-refractivity contribution in [1.82, 2.24) is 5.32 Å². The van der Waals surface area contributed by atoms with Crippen LogP contribution in [-0.4, -0.2) is 39.1 Å². The van der Waals surface area contributed by atoms with E-state index in [1.165, 1.54) is 24.0 Å². The maximum Gasteiger partial charge on any atom is 0.152 e. The molecule has 1 saturated carbocycles. The van der Waals surface area contributed by atoms with Crippen LogP contribution in [0.4, 0.5) is 5.69 Å². The maximum absolute atomic E-state index is 11.6. The number of nitrogens with zero attached hydrogens (tertiary/aromatic N) is 1. The van der Waals surface area contributed by atoms with Crippen molar-refractivity contribution in [3.63, 3.8) is 0 Å². The first-order valence-corrected chi connectivity index (χ1v) is 9.53. The van der Waals surface area contributed by atoms with Gasteiger partial charge in [-0.3, -0.25) is 0 Å². The molecule has 4 nitrogen and oxygen atoms in total. The molecular weight excluding hydrogens is 284 g/mol. The predicted octanol–water partition coefficient (Wildman–Crippen LogP) is 1.87. The molecule has 1 aliphatic heterocycles. The number of hydrogen-bond donors (Lipinski definition) is 1. The lowest BCUT2D eigenvalue weighted by atomic mass is 10.1. The van der Waals surface area contributed by atoms with E-state index in [1.54, 1.807) is 0 Å². The van der Waals surface area contributed by atoms with Crippen molar-refractivity contribution in [2.75, 3.05) is 23.5 Å². The van der Waals surface area contributed by atoms with E-state index in [1.807, 2.05) is 7.05 Å². The average Bonchev–Trinajstić information content (AvgIpc) is 3.19. The van der Waals surface area contributed by atoms with Gasteiger partial charge in [0.05, 0.1) is 11.5 Å². The molecular formula is C16H24N2O2S. The molecule has 0 radical (unpaired) electrons. The molecule has 1 aliphatic carbocycles. The largest absolute Gasteiger partial charge is 0.371 e. The summed E-state index contributed by atoms with van der Waals surface area (Å²) in [6, 6.07) is 7.29. The second-order valence-electron chi connectivity index (χ2n) is 6.43. The van der Waals surface area contributed by atoms with Crippen molar-refractivity contribution in [1.29, 1.82) is 0 Å². The van der Waals surface area contributed by atoms with E-state index in [0.717, 1.165) is 24.7 Å². The van der Waals surface area contributed by atoms with E-state index in [9.17, 15) is 8.42 Å². The second-order valence-corrected chi connectivity index (χ2v) is 8.66. The van der Waals surface area contributed by atoms with Gasteiger partial charge in [0.1, 0.15) is 0 Å². The summed E-state index contributed by atoms with van der Waals surface area (Å²) in [6.45, 7) is 3.06. The number of nitrogens with one attached hydrogen (secondary N) is 1. The second kappa shape index (κ2) is 5.61. The zero-order valence-electron chi connectivity index (χ0n) is 12.8. The van der Waals surface area contributed by atoms with Crippen LogP contribution in [0.3, 0.4) is 0 Å². The zero-order valence-corrected chi connectivity index (χ0v) is 13.6. The fraction of sp³-hybridized carbons (Fsp3) is 0.625. The summed E-state index contributed by atoms with van der Waals surface area (Å²) in [6.07, 6.45) is 3.34. The maximum atomic E-state index is 11.6. The zero-order chi connectivity index (χ0) is 15.0. The van der Waals surface area contributed by atoms with Gasteiger partial charge in [-0.15, -0.1) is 0 Å². The Bertz CT molecular complexity index is 623. The third kappa shape index (κ3) is 3.58. The Morgan fingerprint density at radius 2 is 2.05 bits per heavy atom. The Balaban J connectivity index is 1.68. The summed E-state index contributed by atoms with van der Waals surface area (Å²) in [5.74, 6) is 0.609. The van der Waals surface area contributed by atoms with Crippen LogP contribution in [0.2, 0.25) is 0 Å². The van der Waals surface area contributed by atoms with Crippen LogP contribution < -0.4 is 10.2 Å². The van der Waals surface area contributed by atoms with Crippen LogP contribution in [-0.2, 0) is 16.4 Å². The Hall–Kier alpha value is -1.07. The number of hydrogen-bond acceptors (Lipinski definition) is 4. The summed E-state index contributed by atoms with van der Waals surface area (Å²) in [5.41, 5.74) is 3.72. The van der Waals surface area contributed by atoms with Crippen LogP contribution >= 0.6 is 0 Å². The highest BCUT2D eigenvalue weighted by Gasteiger charge is 2.30. The Labute approximate surface area is 127 Å². The predicted molar refractivity (Wildman–Crippen MR) is 86.5 cm³/mol. The lowest BCUT2D eigenvalue weighted by Crippen LogP contribution is -2.32. The molecule has 1 N–H and O–H groups in total. The van der Waals surface area contributed by atoms with E-state index in [2.05, 4.69) is 35.3 Å². The third-order valence-electron chi connectivity index (χ3n) is 4.65. The molecule has 0 bridgehead atoms. The van der Waals surface area contributed by atoms with Gasteiger partial charge in [-0.25, -0.2) is 8.42 Å². The minimum absolute atomic E-state index is 0.116. The molecule has 2 fully saturated rings. The van der Waals surface area contributed by atoms with E-state index in [4.69, 9.17) is 0 Å². The fourth-order valence-electron chi connectivity index (χ4n) is 2.93. The Morgan fingerprint density at radius 3 is 2.62 bits per heavy atom. The molecule has 1 atom stereocenters. The monoisotopic (exact) mass is 308 g/mol. The van der Waals surface area contributed by atoms with E-state index >= 15 is 0 Å². The van der Waals surface area contributed by atoms with E-state index in [-0.39, 0.29) is 11.8 Å². The molecule has 5 heteroatoms. The minimum atomic E-state index is -2.83. The number of anilines is 1. The molecule has 1 heterocycles. The van der Waals surface area contributed by atoms with Crippen molar-refractivity contribution in [2.45, 2.75) is 44.8 Å². The van der Waals surface area contributed by atoms with Crippen molar-refractivity contribution in [2.24, 2.45) is 0 Å². The van der Waals surface area contributed by atoms with Gasteiger partial charge in [-0.1, -0.05) is 6.07 Å². The van der Waals surface area contributed by atoms with Gasteiger partial charge in [0.15, 0.2) is 9.84 Å². The molecule has 3 rings (SSSR count). The quantitative estimate of drug-likeness (QED) is 0.902. The van der Waals surface area contributed by atoms with Crippen LogP contribution in [0, 0.1) is 6.92 Å². The molecule has 0 aromatic heterocycles. The normalized spacial score (nSPS) is 24.2. The Kier molecular flexibility index (Phi) is 3.97. The van der Waals surface area contributed by atoms with Gasteiger partial charge in [0, 0.05) is 31.4 Å². The summed E-state index contributed by atoms with van der Waals surface area (Å²) in [7, 11) is -0.827. The van der Waals surface area contributed by atoms with Gasteiger partial charge in [-0.05, 0) is 49.4 Å². The number of benzene rings is 1. The summed E-state index contributed by atoms with van der Waals surface area (Å²) in [5, 5.41) is 3.54. The summed E-state index contributed by atoms with van der Waals surface area (Å²) >= 11 is 0. The molecule has 2 aliphatic rings. The lowest BCUT2D eigenvalue weighted by molar-refractivity contribution is 0.601. The summed E-state index contributed by atoms with van der Waals surface area (Å²) in [4.78, 5) is 2.12. The van der Waals surface area contributed by atoms with Gasteiger partial charge in [0.25, 0.3) is 0 Å². The van der Waals surface area contributed by atoms with Crippen molar-refractivity contribution >= 4 is 15.5 Å². The highest BCUT2D eigenvalue weighted by molar-refractivity contribution is 7.91. The molecule has 1 aromatic rings. The minimum Gasteiger partial charge on any atom is -0.371 e. The van der Waals surface area contributed by atoms with Gasteiger partial charge in [0.2, 0.25) is 0 Å². The van der Waals surface area contributed by atoms with E-state index in [0.29, 0.717) is 5.75 Å². The molecule has 1 unspecified atom stereocenters. The SMILES string of the molecule is Cc1cc(N(C)C2CCS(=O)(=O)C2)ccc1CNC1CC1. The standard InChI is InChI=1S/C16H24N2O2S/c1-12-9-15(6-3-13(12)10-17-14-4-5-14)18(2)16-7-8-21(19,20)11-16/h3,6,9,14,16-17H,4-5,7-8,10-11H2,1-2H3. The average molecular weight is 308 g/mol. The van der Waals surface area contributed by atoms with Gasteiger partial charge < -0.3 is 10.2 Å². The topological polar surface area (TPSA) is 49.4 Å². The van der Waals surface area contributed by atoms with Crippen molar-refractivity contribution in [3.05, 3.63) is 29.3 Å². The van der Waals surface area contributed by atoms with Crippen LogP contribution in [0.25, 0.3) is 0 Å². The number of sulfone groups is 1. The Morgan fingerprint density at radius 1 is 1.29 bits per heavy atom. The molecule has 21 heavy (non-hydrogen) atoms. The smallest absolute Gasteiger partial charge is 0.152 e. The molecule has 0 amide bonds. The van der Waals surface area contributed by atoms with E-state index < -0.39 is 9.84 Å². The fourth-order valence-corrected chi connectivity index (χ4v) is 4.71. The molecule has 1 saturated heterocycles. The molecule has 116 valence electrons. The third-order valence-corrected chi connectivity index (χ3v) is 6.40. The van der Waals surface area contributed by atoms with Crippen molar-refractivity contribution < 1.29 is 8.42 Å². The van der Waals surface area contributed by atoms with Crippen LogP contribution in [0.15, 0.2) is 18.2 Å². The number of rotatable bonds is 5. The first kappa shape index (κ1) is 14.9.